The average Bonchev–Trinajstić information content (AvgIpc) is 2.77. The number of hydrogen-bond donors (Lipinski definition) is 1. The standard InChI is InChI=1S/C10H10N2O2S/c1-7-5-10(14-12-7)11-9(13)6-8-3-2-4-15-8/h2-5H,6H2,1H3,(H,11,13). The van der Waals surface area contributed by atoms with E-state index in [9.17, 15) is 4.79 Å². The van der Waals surface area contributed by atoms with Crippen molar-refractivity contribution in [3.05, 3.63) is 34.2 Å². The predicted octanol–water partition coefficient (Wildman–Crippen LogP) is 2.23. The molecule has 0 radical (unpaired) electrons. The van der Waals surface area contributed by atoms with Gasteiger partial charge in [0.2, 0.25) is 11.8 Å². The highest BCUT2D eigenvalue weighted by Gasteiger charge is 2.07. The van der Waals surface area contributed by atoms with Gasteiger partial charge in [0.15, 0.2) is 0 Å². The molecule has 0 aliphatic heterocycles. The predicted molar refractivity (Wildman–Crippen MR) is 57.9 cm³/mol. The van der Waals surface area contributed by atoms with E-state index in [0.29, 0.717) is 12.3 Å². The second kappa shape index (κ2) is 4.27. The van der Waals surface area contributed by atoms with Crippen LogP contribution in [0.3, 0.4) is 0 Å². The zero-order chi connectivity index (χ0) is 10.7. The van der Waals surface area contributed by atoms with Crippen molar-refractivity contribution in [2.24, 2.45) is 0 Å². The van der Waals surface area contributed by atoms with Gasteiger partial charge >= 0.3 is 0 Å². The van der Waals surface area contributed by atoms with E-state index in [-0.39, 0.29) is 5.91 Å². The smallest absolute Gasteiger partial charge is 0.232 e. The lowest BCUT2D eigenvalue weighted by Crippen LogP contribution is -2.13. The molecule has 5 heteroatoms. The van der Waals surface area contributed by atoms with Gasteiger partial charge in [0, 0.05) is 10.9 Å². The van der Waals surface area contributed by atoms with Gasteiger partial charge in [-0.25, -0.2) is 0 Å². The molecule has 4 nitrogen and oxygen atoms in total. The molecule has 1 amide bonds. The molecule has 0 bridgehead atoms. The van der Waals surface area contributed by atoms with E-state index in [4.69, 9.17) is 4.52 Å². The van der Waals surface area contributed by atoms with E-state index in [2.05, 4.69) is 10.5 Å². The molecule has 0 saturated heterocycles. The zero-order valence-electron chi connectivity index (χ0n) is 8.19. The summed E-state index contributed by atoms with van der Waals surface area (Å²) in [5.74, 6) is 0.308. The number of nitrogens with one attached hydrogen (secondary N) is 1. The minimum Gasteiger partial charge on any atom is -0.338 e. The topological polar surface area (TPSA) is 55.1 Å². The Balaban J connectivity index is 1.93. The van der Waals surface area contributed by atoms with Crippen LogP contribution >= 0.6 is 11.3 Å². The van der Waals surface area contributed by atoms with Crippen LogP contribution < -0.4 is 5.32 Å². The number of carbonyl (C=O) groups excluding carboxylic acids is 1. The number of amides is 1. The Hall–Kier alpha value is -1.62. The fraction of sp³-hybridized carbons (Fsp3) is 0.200. The van der Waals surface area contributed by atoms with E-state index in [1.165, 1.54) is 0 Å². The molecule has 2 aromatic heterocycles. The van der Waals surface area contributed by atoms with Crippen LogP contribution in [0.1, 0.15) is 10.6 Å². The van der Waals surface area contributed by atoms with Crippen molar-refractivity contribution in [3.8, 4) is 0 Å². The summed E-state index contributed by atoms with van der Waals surface area (Å²) in [6.07, 6.45) is 0.372. The maximum atomic E-state index is 11.5. The van der Waals surface area contributed by atoms with Gasteiger partial charge in [-0.2, -0.15) is 0 Å². The lowest BCUT2D eigenvalue weighted by molar-refractivity contribution is -0.115. The normalized spacial score (nSPS) is 10.2. The second-order valence-electron chi connectivity index (χ2n) is 3.14. The van der Waals surface area contributed by atoms with Gasteiger partial charge in [-0.1, -0.05) is 11.2 Å². The van der Waals surface area contributed by atoms with Gasteiger partial charge in [-0.15, -0.1) is 11.3 Å². The number of rotatable bonds is 3. The van der Waals surface area contributed by atoms with Gasteiger partial charge in [-0.3, -0.25) is 10.1 Å². The van der Waals surface area contributed by atoms with Crippen molar-refractivity contribution in [1.82, 2.24) is 5.16 Å². The molecule has 0 unspecified atom stereocenters. The third-order valence-corrected chi connectivity index (χ3v) is 2.68. The van der Waals surface area contributed by atoms with Gasteiger partial charge < -0.3 is 4.52 Å². The van der Waals surface area contributed by atoms with Crippen LogP contribution in [0, 0.1) is 6.92 Å². The fourth-order valence-corrected chi connectivity index (χ4v) is 1.88. The Morgan fingerprint density at radius 3 is 3.13 bits per heavy atom. The molecular weight excluding hydrogens is 212 g/mol. The summed E-state index contributed by atoms with van der Waals surface area (Å²) in [5.41, 5.74) is 0.751. The summed E-state index contributed by atoms with van der Waals surface area (Å²) in [6, 6.07) is 5.54. The average molecular weight is 222 g/mol. The second-order valence-corrected chi connectivity index (χ2v) is 4.17. The molecule has 1 N–H and O–H groups in total. The number of nitrogens with zero attached hydrogens (tertiary/aromatic N) is 1. The van der Waals surface area contributed by atoms with E-state index >= 15 is 0 Å². The summed E-state index contributed by atoms with van der Waals surface area (Å²) in [4.78, 5) is 12.5. The number of anilines is 1. The van der Waals surface area contributed by atoms with Gasteiger partial charge in [0.25, 0.3) is 0 Å². The number of carbonyl (C=O) groups is 1. The van der Waals surface area contributed by atoms with Gasteiger partial charge in [0.05, 0.1) is 12.1 Å². The fourth-order valence-electron chi connectivity index (χ4n) is 1.18. The van der Waals surface area contributed by atoms with Crippen molar-refractivity contribution in [2.75, 3.05) is 5.32 Å². The van der Waals surface area contributed by atoms with Crippen LogP contribution in [0.5, 0.6) is 0 Å². The maximum absolute atomic E-state index is 11.5. The van der Waals surface area contributed by atoms with Crippen molar-refractivity contribution in [2.45, 2.75) is 13.3 Å². The largest absolute Gasteiger partial charge is 0.338 e. The van der Waals surface area contributed by atoms with Crippen LogP contribution in [-0.4, -0.2) is 11.1 Å². The Morgan fingerprint density at radius 1 is 1.67 bits per heavy atom. The number of aryl methyl sites for hydroxylation is 1. The molecule has 0 atom stereocenters. The lowest BCUT2D eigenvalue weighted by atomic mass is 10.3. The number of hydrogen-bond acceptors (Lipinski definition) is 4. The Labute approximate surface area is 90.9 Å². The van der Waals surface area contributed by atoms with Gasteiger partial charge in [0.1, 0.15) is 0 Å². The monoisotopic (exact) mass is 222 g/mol. The van der Waals surface area contributed by atoms with Crippen molar-refractivity contribution in [1.29, 1.82) is 0 Å². The molecule has 0 spiro atoms. The molecule has 2 rings (SSSR count). The Morgan fingerprint density at radius 2 is 2.53 bits per heavy atom. The number of aromatic nitrogens is 1. The van der Waals surface area contributed by atoms with Crippen LogP contribution in [-0.2, 0) is 11.2 Å². The van der Waals surface area contributed by atoms with Crippen LogP contribution in [0.4, 0.5) is 5.88 Å². The zero-order valence-corrected chi connectivity index (χ0v) is 9.00. The van der Waals surface area contributed by atoms with E-state index in [1.54, 1.807) is 24.3 Å². The van der Waals surface area contributed by atoms with Crippen LogP contribution in [0.25, 0.3) is 0 Å². The van der Waals surface area contributed by atoms with Crippen molar-refractivity contribution in [3.63, 3.8) is 0 Å². The summed E-state index contributed by atoms with van der Waals surface area (Å²) in [7, 11) is 0. The molecule has 2 aromatic rings. The van der Waals surface area contributed by atoms with E-state index < -0.39 is 0 Å². The van der Waals surface area contributed by atoms with E-state index in [0.717, 1.165) is 10.6 Å². The molecule has 78 valence electrons. The molecule has 2 heterocycles. The first kappa shape index (κ1) is 9.92. The Kier molecular flexibility index (Phi) is 2.82. The molecule has 0 aromatic carbocycles. The summed E-state index contributed by atoms with van der Waals surface area (Å²) < 4.78 is 4.88. The third-order valence-electron chi connectivity index (χ3n) is 1.81. The maximum Gasteiger partial charge on any atom is 0.232 e. The SMILES string of the molecule is Cc1cc(NC(=O)Cc2cccs2)on1. The van der Waals surface area contributed by atoms with Crippen molar-refractivity contribution < 1.29 is 9.32 Å². The summed E-state index contributed by atoms with van der Waals surface area (Å²) in [6.45, 7) is 1.80. The minimum atomic E-state index is -0.0893. The molecular formula is C10H10N2O2S. The summed E-state index contributed by atoms with van der Waals surface area (Å²) in [5, 5.41) is 8.26. The van der Waals surface area contributed by atoms with Crippen LogP contribution in [0.15, 0.2) is 28.1 Å². The Bertz CT molecular complexity index is 448. The molecule has 0 aliphatic carbocycles. The summed E-state index contributed by atoms with van der Waals surface area (Å²) >= 11 is 1.56. The number of thiophene rings is 1. The molecule has 15 heavy (non-hydrogen) atoms. The highest BCUT2D eigenvalue weighted by molar-refractivity contribution is 7.10. The molecule has 0 fully saturated rings. The first-order valence-electron chi connectivity index (χ1n) is 4.49. The molecule has 0 aliphatic rings. The highest BCUT2D eigenvalue weighted by atomic mass is 32.1. The third kappa shape index (κ3) is 2.66. The van der Waals surface area contributed by atoms with Crippen molar-refractivity contribution >= 4 is 23.1 Å². The minimum absolute atomic E-state index is 0.0893. The van der Waals surface area contributed by atoms with E-state index in [1.807, 2.05) is 17.5 Å². The molecule has 0 saturated carbocycles. The highest BCUT2D eigenvalue weighted by Crippen LogP contribution is 2.12. The quantitative estimate of drug-likeness (QED) is 0.866. The lowest BCUT2D eigenvalue weighted by Gasteiger charge is -1.97. The first-order valence-corrected chi connectivity index (χ1v) is 5.37. The first-order chi connectivity index (χ1) is 7.24. The van der Waals surface area contributed by atoms with Gasteiger partial charge in [-0.05, 0) is 18.4 Å². The van der Waals surface area contributed by atoms with Crippen LogP contribution in [0.2, 0.25) is 0 Å².